The summed E-state index contributed by atoms with van der Waals surface area (Å²) in [5.74, 6) is 1.66. The van der Waals surface area contributed by atoms with Crippen LogP contribution in [0.15, 0.2) is 18.2 Å². The number of benzene rings is 1. The van der Waals surface area contributed by atoms with Gasteiger partial charge in [0.25, 0.3) is 0 Å². The standard InChI is InChI=1S/C15H24N2O/c1-3-10-18-14-9-5-8-13(15(14)16)17(2)11-12-6-4-7-12/h5,8-9,12H,3-4,6-7,10-11,16H2,1-2H3. The first kappa shape index (κ1) is 13.1. The van der Waals surface area contributed by atoms with Crippen LogP contribution in [0.4, 0.5) is 11.4 Å². The fourth-order valence-electron chi connectivity index (χ4n) is 2.36. The average Bonchev–Trinajstić information content (AvgIpc) is 2.32. The van der Waals surface area contributed by atoms with Crippen LogP contribution in [0.2, 0.25) is 0 Å². The second kappa shape index (κ2) is 5.98. The molecule has 3 nitrogen and oxygen atoms in total. The van der Waals surface area contributed by atoms with Crippen molar-refractivity contribution in [1.82, 2.24) is 0 Å². The zero-order valence-corrected chi connectivity index (χ0v) is 11.5. The van der Waals surface area contributed by atoms with Crippen molar-refractivity contribution in [3.8, 4) is 5.75 Å². The number of nitrogens with zero attached hydrogens (tertiary/aromatic N) is 1. The summed E-state index contributed by atoms with van der Waals surface area (Å²) in [6, 6.07) is 6.05. The first-order valence-electron chi connectivity index (χ1n) is 6.94. The second-order valence-corrected chi connectivity index (χ2v) is 5.21. The molecule has 0 unspecified atom stereocenters. The van der Waals surface area contributed by atoms with Gasteiger partial charge in [0, 0.05) is 13.6 Å². The Morgan fingerprint density at radius 1 is 1.39 bits per heavy atom. The van der Waals surface area contributed by atoms with Gasteiger partial charge in [-0.3, -0.25) is 0 Å². The van der Waals surface area contributed by atoms with E-state index < -0.39 is 0 Å². The Morgan fingerprint density at radius 3 is 2.78 bits per heavy atom. The lowest BCUT2D eigenvalue weighted by atomic mass is 9.85. The third kappa shape index (κ3) is 2.89. The van der Waals surface area contributed by atoms with Gasteiger partial charge in [0.15, 0.2) is 0 Å². The molecule has 1 fully saturated rings. The van der Waals surface area contributed by atoms with Gasteiger partial charge in [-0.25, -0.2) is 0 Å². The smallest absolute Gasteiger partial charge is 0.144 e. The fourth-order valence-corrected chi connectivity index (χ4v) is 2.36. The van der Waals surface area contributed by atoms with Gasteiger partial charge in [-0.15, -0.1) is 0 Å². The molecule has 3 heteroatoms. The van der Waals surface area contributed by atoms with E-state index in [9.17, 15) is 0 Å². The third-order valence-corrected chi connectivity index (χ3v) is 3.67. The molecule has 2 N–H and O–H groups in total. The van der Waals surface area contributed by atoms with Crippen LogP contribution in [0.1, 0.15) is 32.6 Å². The molecular weight excluding hydrogens is 224 g/mol. The van der Waals surface area contributed by atoms with Gasteiger partial charge < -0.3 is 15.4 Å². The van der Waals surface area contributed by atoms with E-state index >= 15 is 0 Å². The van der Waals surface area contributed by atoms with E-state index in [1.165, 1.54) is 19.3 Å². The number of nitrogen functional groups attached to an aromatic ring is 1. The van der Waals surface area contributed by atoms with Crippen molar-refractivity contribution in [3.05, 3.63) is 18.2 Å². The number of rotatable bonds is 6. The van der Waals surface area contributed by atoms with Crippen molar-refractivity contribution in [2.24, 2.45) is 5.92 Å². The monoisotopic (exact) mass is 248 g/mol. The SMILES string of the molecule is CCCOc1cccc(N(C)CC2CCC2)c1N. The first-order valence-corrected chi connectivity index (χ1v) is 6.94. The van der Waals surface area contributed by atoms with Crippen LogP contribution in [0.3, 0.4) is 0 Å². The zero-order valence-electron chi connectivity index (χ0n) is 11.5. The lowest BCUT2D eigenvalue weighted by Crippen LogP contribution is -2.29. The summed E-state index contributed by atoms with van der Waals surface area (Å²) in [6.45, 7) is 3.92. The molecule has 0 saturated heterocycles. The molecule has 0 aromatic heterocycles. The quantitative estimate of drug-likeness (QED) is 0.785. The Bertz CT molecular complexity index is 388. The Labute approximate surface area is 110 Å². The predicted molar refractivity (Wildman–Crippen MR) is 77.3 cm³/mol. The van der Waals surface area contributed by atoms with Gasteiger partial charge in [0.05, 0.1) is 18.0 Å². The minimum Gasteiger partial charge on any atom is -0.491 e. The Morgan fingerprint density at radius 2 is 2.17 bits per heavy atom. The van der Waals surface area contributed by atoms with Crippen LogP contribution in [0, 0.1) is 5.92 Å². The average molecular weight is 248 g/mol. The topological polar surface area (TPSA) is 38.5 Å². The summed E-state index contributed by atoms with van der Waals surface area (Å²) in [4.78, 5) is 2.26. The van der Waals surface area contributed by atoms with Gasteiger partial charge in [0.1, 0.15) is 5.75 Å². The number of nitrogens with two attached hydrogens (primary N) is 1. The van der Waals surface area contributed by atoms with Gasteiger partial charge in [-0.2, -0.15) is 0 Å². The molecule has 0 aliphatic heterocycles. The highest BCUT2D eigenvalue weighted by Crippen LogP contribution is 2.34. The van der Waals surface area contributed by atoms with Crippen LogP contribution >= 0.6 is 0 Å². The van der Waals surface area contributed by atoms with Crippen LogP contribution < -0.4 is 15.4 Å². The van der Waals surface area contributed by atoms with E-state index in [2.05, 4.69) is 24.9 Å². The Balaban J connectivity index is 2.06. The molecule has 2 rings (SSSR count). The second-order valence-electron chi connectivity index (χ2n) is 5.21. The van der Waals surface area contributed by atoms with Crippen molar-refractivity contribution in [2.75, 3.05) is 30.8 Å². The lowest BCUT2D eigenvalue weighted by Gasteiger charge is -2.32. The predicted octanol–water partition coefficient (Wildman–Crippen LogP) is 3.29. The molecule has 18 heavy (non-hydrogen) atoms. The van der Waals surface area contributed by atoms with E-state index in [1.807, 2.05) is 12.1 Å². The summed E-state index contributed by atoms with van der Waals surface area (Å²) < 4.78 is 5.67. The molecule has 0 radical (unpaired) electrons. The van der Waals surface area contributed by atoms with Crippen LogP contribution in [0.25, 0.3) is 0 Å². The highest BCUT2D eigenvalue weighted by Gasteiger charge is 2.20. The van der Waals surface area contributed by atoms with Crippen molar-refractivity contribution in [1.29, 1.82) is 0 Å². The Hall–Kier alpha value is -1.38. The van der Waals surface area contributed by atoms with E-state index in [-0.39, 0.29) is 0 Å². The molecule has 0 bridgehead atoms. The molecule has 0 amide bonds. The van der Waals surface area contributed by atoms with Crippen LogP contribution in [-0.2, 0) is 0 Å². The van der Waals surface area contributed by atoms with Gasteiger partial charge in [0.2, 0.25) is 0 Å². The number of anilines is 2. The Kier molecular flexibility index (Phi) is 4.34. The highest BCUT2D eigenvalue weighted by atomic mass is 16.5. The van der Waals surface area contributed by atoms with Crippen molar-refractivity contribution >= 4 is 11.4 Å². The van der Waals surface area contributed by atoms with Crippen molar-refractivity contribution < 1.29 is 4.74 Å². The molecule has 0 heterocycles. The summed E-state index contributed by atoms with van der Waals surface area (Å²) in [7, 11) is 2.12. The molecule has 0 atom stereocenters. The number of para-hydroxylation sites is 1. The van der Waals surface area contributed by atoms with Gasteiger partial charge in [-0.1, -0.05) is 19.4 Å². The maximum atomic E-state index is 6.19. The molecule has 1 saturated carbocycles. The molecular formula is C15H24N2O. The molecule has 100 valence electrons. The molecule has 0 spiro atoms. The fraction of sp³-hybridized carbons (Fsp3) is 0.600. The van der Waals surface area contributed by atoms with Gasteiger partial charge in [-0.05, 0) is 37.3 Å². The summed E-state index contributed by atoms with van der Waals surface area (Å²) in [5, 5.41) is 0. The van der Waals surface area contributed by atoms with E-state index in [1.54, 1.807) is 0 Å². The first-order chi connectivity index (χ1) is 8.72. The molecule has 1 aliphatic carbocycles. The van der Waals surface area contributed by atoms with Crippen molar-refractivity contribution in [3.63, 3.8) is 0 Å². The summed E-state index contributed by atoms with van der Waals surface area (Å²) in [5.41, 5.74) is 8.06. The van der Waals surface area contributed by atoms with Crippen LogP contribution in [-0.4, -0.2) is 20.2 Å². The van der Waals surface area contributed by atoms with E-state index in [4.69, 9.17) is 10.5 Å². The maximum absolute atomic E-state index is 6.19. The lowest BCUT2D eigenvalue weighted by molar-refractivity contribution is 0.317. The minimum atomic E-state index is 0.722. The summed E-state index contributed by atoms with van der Waals surface area (Å²) in [6.07, 6.45) is 5.10. The molecule has 1 aromatic carbocycles. The van der Waals surface area contributed by atoms with E-state index in [0.29, 0.717) is 0 Å². The van der Waals surface area contributed by atoms with Gasteiger partial charge >= 0.3 is 0 Å². The third-order valence-electron chi connectivity index (χ3n) is 3.67. The zero-order chi connectivity index (χ0) is 13.0. The maximum Gasteiger partial charge on any atom is 0.144 e. The molecule has 1 aromatic rings. The summed E-state index contributed by atoms with van der Waals surface area (Å²) >= 11 is 0. The largest absolute Gasteiger partial charge is 0.491 e. The number of hydrogen-bond acceptors (Lipinski definition) is 3. The van der Waals surface area contributed by atoms with E-state index in [0.717, 1.165) is 42.6 Å². The normalized spacial score (nSPS) is 15.2. The number of hydrogen-bond donors (Lipinski definition) is 1. The van der Waals surface area contributed by atoms with Crippen molar-refractivity contribution in [2.45, 2.75) is 32.6 Å². The number of ether oxygens (including phenoxy) is 1. The minimum absolute atomic E-state index is 0.722. The van der Waals surface area contributed by atoms with Crippen LogP contribution in [0.5, 0.6) is 5.75 Å². The highest BCUT2D eigenvalue weighted by molar-refractivity contribution is 5.73. The molecule has 1 aliphatic rings.